The first-order valence-electron chi connectivity index (χ1n) is 10.1. The number of rotatable bonds is 5. The molecule has 5 rings (SSSR count). The number of imidazole rings is 1. The molecule has 0 aliphatic heterocycles. The summed E-state index contributed by atoms with van der Waals surface area (Å²) in [7, 11) is 1.90. The summed E-state index contributed by atoms with van der Waals surface area (Å²) in [6.45, 7) is 0. The molecule has 3 heterocycles. The Morgan fingerprint density at radius 3 is 2.88 bits per heavy atom. The summed E-state index contributed by atoms with van der Waals surface area (Å²) in [6.07, 6.45) is 3.24. The number of thiazole rings is 1. The number of benzene rings is 2. The highest BCUT2D eigenvalue weighted by Gasteiger charge is 2.22. The van der Waals surface area contributed by atoms with Crippen molar-refractivity contribution < 1.29 is 13.6 Å². The van der Waals surface area contributed by atoms with E-state index in [1.807, 2.05) is 35.2 Å². The number of aromatic nitrogens is 5. The molecule has 0 radical (unpaired) electrons. The predicted octanol–water partition coefficient (Wildman–Crippen LogP) is 3.25. The number of carbonyl (C=O) groups excluding carboxylic acids is 1. The van der Waals surface area contributed by atoms with Crippen molar-refractivity contribution in [2.45, 2.75) is 6.42 Å². The van der Waals surface area contributed by atoms with Crippen LogP contribution in [0.15, 0.2) is 66.6 Å². The number of hydrogen-bond acceptors (Lipinski definition) is 6. The number of halogens is 1. The Hall–Kier alpha value is -4.18. The summed E-state index contributed by atoms with van der Waals surface area (Å²) in [6, 6.07) is 13.4. The molecule has 0 saturated carbocycles. The van der Waals surface area contributed by atoms with Crippen LogP contribution in [0.25, 0.3) is 27.6 Å². The van der Waals surface area contributed by atoms with Crippen LogP contribution in [0.5, 0.6) is 0 Å². The summed E-state index contributed by atoms with van der Waals surface area (Å²) in [5.41, 5.74) is 10.6. The van der Waals surface area contributed by atoms with Gasteiger partial charge in [-0.1, -0.05) is 45.6 Å². The molecule has 10 heteroatoms. The van der Waals surface area contributed by atoms with Crippen LogP contribution in [0.2, 0.25) is 0 Å². The van der Waals surface area contributed by atoms with Gasteiger partial charge in [-0.25, -0.2) is 9.37 Å². The molecule has 0 spiro atoms. The average Bonchev–Trinajstić information content (AvgIpc) is 3.38. The topological polar surface area (TPSA) is 103 Å². The van der Waals surface area contributed by atoms with E-state index < -0.39 is 0 Å². The lowest BCUT2D eigenvalue weighted by Crippen LogP contribution is -2.29. The maximum atomic E-state index is 13.4. The summed E-state index contributed by atoms with van der Waals surface area (Å²) in [5.74, 6) is -0.264. The molecular formula is C23H19FN7OS+. The second kappa shape index (κ2) is 8.40. The number of nitrogens with one attached hydrogen (secondary N) is 1. The van der Waals surface area contributed by atoms with Gasteiger partial charge < -0.3 is 15.6 Å². The number of anilines is 2. The van der Waals surface area contributed by atoms with Gasteiger partial charge in [-0.3, -0.25) is 4.79 Å². The summed E-state index contributed by atoms with van der Waals surface area (Å²) in [5, 5.41) is 4.84. The molecule has 0 aliphatic carbocycles. The zero-order valence-corrected chi connectivity index (χ0v) is 18.4. The molecule has 8 nitrogen and oxygen atoms in total. The van der Waals surface area contributed by atoms with Gasteiger partial charge in [0.25, 0.3) is 4.96 Å². The fraction of sp³-hybridized carbons (Fsp3) is 0.0870. The molecule has 0 aliphatic rings. The van der Waals surface area contributed by atoms with Crippen molar-refractivity contribution in [3.8, 4) is 22.6 Å². The third-order valence-corrected chi connectivity index (χ3v) is 5.99. The molecule has 33 heavy (non-hydrogen) atoms. The summed E-state index contributed by atoms with van der Waals surface area (Å²) < 4.78 is 17.1. The minimum absolute atomic E-state index is 0.0770. The van der Waals surface area contributed by atoms with Crippen molar-refractivity contribution in [1.29, 1.82) is 0 Å². The van der Waals surface area contributed by atoms with Gasteiger partial charge in [-0.2, -0.15) is 4.40 Å². The third kappa shape index (κ3) is 4.03. The minimum atomic E-state index is -0.366. The molecule has 3 aromatic heterocycles. The van der Waals surface area contributed by atoms with Gasteiger partial charge in [-0.15, -0.1) is 0 Å². The van der Waals surface area contributed by atoms with Gasteiger partial charge in [0.1, 0.15) is 17.2 Å². The first-order chi connectivity index (χ1) is 16.0. The Bertz CT molecular complexity index is 1490. The van der Waals surface area contributed by atoms with E-state index in [1.54, 1.807) is 28.9 Å². The van der Waals surface area contributed by atoms with E-state index in [1.165, 1.54) is 29.8 Å². The molecule has 5 aromatic rings. The van der Waals surface area contributed by atoms with Gasteiger partial charge in [0.15, 0.2) is 0 Å². The van der Waals surface area contributed by atoms with E-state index in [0.717, 1.165) is 27.6 Å². The lowest BCUT2D eigenvalue weighted by atomic mass is 10.1. The average molecular weight is 461 g/mol. The van der Waals surface area contributed by atoms with E-state index in [-0.39, 0.29) is 18.1 Å². The Morgan fingerprint density at radius 2 is 2.03 bits per heavy atom. The number of amides is 1. The molecule has 0 bridgehead atoms. The Morgan fingerprint density at radius 1 is 1.18 bits per heavy atom. The third-order valence-electron chi connectivity index (χ3n) is 5.15. The van der Waals surface area contributed by atoms with Crippen LogP contribution in [0, 0.1) is 5.82 Å². The van der Waals surface area contributed by atoms with E-state index in [0.29, 0.717) is 17.2 Å². The van der Waals surface area contributed by atoms with Crippen molar-refractivity contribution in [1.82, 2.24) is 19.5 Å². The molecule has 0 saturated heterocycles. The normalized spacial score (nSPS) is 11.1. The molecule has 2 aromatic carbocycles. The smallest absolute Gasteiger partial charge is 0.331 e. The van der Waals surface area contributed by atoms with Crippen LogP contribution in [0.3, 0.4) is 0 Å². The van der Waals surface area contributed by atoms with Crippen molar-refractivity contribution in [2.75, 3.05) is 11.1 Å². The fourth-order valence-electron chi connectivity index (χ4n) is 3.71. The van der Waals surface area contributed by atoms with E-state index in [2.05, 4.69) is 20.3 Å². The highest BCUT2D eigenvalue weighted by molar-refractivity contribution is 7.14. The minimum Gasteiger partial charge on any atom is -0.331 e. The zero-order chi connectivity index (χ0) is 22.9. The summed E-state index contributed by atoms with van der Waals surface area (Å²) in [4.78, 5) is 26.2. The predicted molar refractivity (Wildman–Crippen MR) is 124 cm³/mol. The lowest BCUT2D eigenvalue weighted by molar-refractivity contribution is -0.484. The van der Waals surface area contributed by atoms with Gasteiger partial charge in [-0.05, 0) is 29.8 Å². The number of fused-ring (bicyclic) bond motifs is 1. The van der Waals surface area contributed by atoms with Crippen LogP contribution in [0.4, 0.5) is 16.0 Å². The highest BCUT2D eigenvalue weighted by Crippen LogP contribution is 2.32. The maximum Gasteiger partial charge on any atom is 0.353 e. The SMILES string of the molecule is Cn1cnc(-c2cccc(NC(=O)Cc3cccc(F)c3)c2)c1-c1csc2ncnc(N)[n+]12. The molecule has 3 N–H and O–H groups in total. The van der Waals surface area contributed by atoms with Gasteiger partial charge in [0, 0.05) is 23.7 Å². The van der Waals surface area contributed by atoms with Crippen molar-refractivity contribution in [3.05, 3.63) is 77.9 Å². The maximum absolute atomic E-state index is 13.4. The van der Waals surface area contributed by atoms with Crippen LogP contribution < -0.4 is 15.5 Å². The quantitative estimate of drug-likeness (QED) is 0.392. The molecular weight excluding hydrogens is 441 g/mol. The first-order valence-corrected chi connectivity index (χ1v) is 10.9. The standard InChI is InChI=1S/C23H18FN7OS/c1-30-13-28-20(21(30)18-11-33-23-27-12-26-22(25)31(18)23)15-5-3-7-17(10-15)29-19(32)9-14-4-2-6-16(24)8-14/h2-8,10-13,25H,9H2,1H3,(H,29,32)/p+1. The number of aryl methyl sites for hydroxylation is 1. The van der Waals surface area contributed by atoms with Gasteiger partial charge in [0.2, 0.25) is 12.2 Å². The van der Waals surface area contributed by atoms with Crippen LogP contribution >= 0.6 is 11.3 Å². The van der Waals surface area contributed by atoms with Crippen LogP contribution in [-0.2, 0) is 18.3 Å². The molecule has 0 fully saturated rings. The summed E-state index contributed by atoms with van der Waals surface area (Å²) >= 11 is 1.46. The van der Waals surface area contributed by atoms with Gasteiger partial charge >= 0.3 is 5.95 Å². The van der Waals surface area contributed by atoms with Crippen molar-refractivity contribution in [3.63, 3.8) is 0 Å². The highest BCUT2D eigenvalue weighted by atomic mass is 32.1. The monoisotopic (exact) mass is 460 g/mol. The Kier molecular flexibility index (Phi) is 5.27. The lowest BCUT2D eigenvalue weighted by Gasteiger charge is -2.09. The Labute approximate surface area is 192 Å². The number of nitrogens with zero attached hydrogens (tertiary/aromatic N) is 5. The molecule has 164 valence electrons. The van der Waals surface area contributed by atoms with Crippen molar-refractivity contribution >= 4 is 33.8 Å². The van der Waals surface area contributed by atoms with Crippen LogP contribution in [0.1, 0.15) is 5.56 Å². The second-order valence-corrected chi connectivity index (χ2v) is 8.30. The number of carbonyl (C=O) groups is 1. The van der Waals surface area contributed by atoms with E-state index >= 15 is 0 Å². The van der Waals surface area contributed by atoms with E-state index in [9.17, 15) is 9.18 Å². The van der Waals surface area contributed by atoms with E-state index in [4.69, 9.17) is 5.73 Å². The zero-order valence-electron chi connectivity index (χ0n) is 17.6. The molecule has 0 atom stereocenters. The fourth-order valence-corrected chi connectivity index (χ4v) is 4.55. The van der Waals surface area contributed by atoms with Crippen LogP contribution in [-0.4, -0.2) is 25.4 Å². The molecule has 0 unspecified atom stereocenters. The van der Waals surface area contributed by atoms with Gasteiger partial charge in [0.05, 0.1) is 18.4 Å². The largest absolute Gasteiger partial charge is 0.353 e. The molecule has 1 amide bonds. The Balaban J connectivity index is 1.47. The number of hydrogen-bond donors (Lipinski definition) is 2. The van der Waals surface area contributed by atoms with Crippen molar-refractivity contribution in [2.24, 2.45) is 7.05 Å². The second-order valence-electron chi connectivity index (χ2n) is 7.46. The first kappa shape index (κ1) is 20.7. The number of nitrogens with two attached hydrogens (primary N) is 1. The number of nitrogen functional groups attached to an aromatic ring is 1.